The van der Waals surface area contributed by atoms with Gasteiger partial charge in [-0.25, -0.2) is 9.97 Å². The zero-order valence-electron chi connectivity index (χ0n) is 18.3. The summed E-state index contributed by atoms with van der Waals surface area (Å²) in [5.74, 6) is 2.31. The summed E-state index contributed by atoms with van der Waals surface area (Å²) in [6, 6.07) is 16.7. The lowest BCUT2D eigenvalue weighted by Gasteiger charge is -2.07. The van der Waals surface area contributed by atoms with Crippen molar-refractivity contribution in [1.29, 1.82) is 0 Å². The molecular formula is C26H26N2O2S. The van der Waals surface area contributed by atoms with E-state index in [-0.39, 0.29) is 0 Å². The molecule has 5 rings (SSSR count). The Morgan fingerprint density at radius 2 is 1.16 bits per heavy atom. The second kappa shape index (κ2) is 7.97. The van der Waals surface area contributed by atoms with Gasteiger partial charge >= 0.3 is 0 Å². The van der Waals surface area contributed by atoms with Crippen LogP contribution in [0.15, 0.2) is 57.4 Å². The molecule has 5 aromatic rings. The zero-order chi connectivity index (χ0) is 21.5. The first kappa shape index (κ1) is 20.0. The molecule has 2 aromatic carbocycles. The number of oxazole rings is 2. The topological polar surface area (TPSA) is 52.1 Å². The van der Waals surface area contributed by atoms with Crippen molar-refractivity contribution >= 4 is 33.5 Å². The van der Waals surface area contributed by atoms with E-state index in [9.17, 15) is 0 Å². The van der Waals surface area contributed by atoms with E-state index in [4.69, 9.17) is 18.8 Å². The molecule has 0 amide bonds. The third-order valence-corrected chi connectivity index (χ3v) is 7.27. The summed E-state index contributed by atoms with van der Waals surface area (Å²) in [7, 11) is 0. The summed E-state index contributed by atoms with van der Waals surface area (Å²) in [6.07, 6.45) is 2.21. The molecular weight excluding hydrogens is 404 g/mol. The van der Waals surface area contributed by atoms with Gasteiger partial charge in [0.15, 0.2) is 11.2 Å². The second-order valence-corrected chi connectivity index (χ2v) is 9.36. The summed E-state index contributed by atoms with van der Waals surface area (Å²) >= 11 is 1.59. The maximum absolute atomic E-state index is 6.03. The minimum atomic E-state index is 0.512. The van der Waals surface area contributed by atoms with E-state index in [0.29, 0.717) is 23.6 Å². The molecule has 0 bridgehead atoms. The first-order valence-electron chi connectivity index (χ1n) is 11.0. The maximum atomic E-state index is 6.03. The average molecular weight is 431 g/mol. The minimum absolute atomic E-state index is 0.512. The third kappa shape index (κ3) is 3.68. The highest BCUT2D eigenvalue weighted by molar-refractivity contribution is 7.18. The van der Waals surface area contributed by atoms with Crippen molar-refractivity contribution in [2.24, 2.45) is 0 Å². The van der Waals surface area contributed by atoms with Gasteiger partial charge < -0.3 is 8.83 Å². The van der Waals surface area contributed by atoms with Gasteiger partial charge in [-0.1, -0.05) is 39.8 Å². The molecule has 0 saturated heterocycles. The largest absolute Gasteiger partial charge is 0.435 e. The number of hydrogen-bond acceptors (Lipinski definition) is 5. The molecule has 0 spiro atoms. The molecule has 31 heavy (non-hydrogen) atoms. The van der Waals surface area contributed by atoms with Crippen LogP contribution in [0.2, 0.25) is 0 Å². The number of rotatable bonds is 6. The fourth-order valence-electron chi connectivity index (χ4n) is 3.75. The molecule has 0 aliphatic heterocycles. The number of hydrogen-bond donors (Lipinski definition) is 0. The fraction of sp³-hybridized carbons (Fsp3) is 0.308. The van der Waals surface area contributed by atoms with Crippen LogP contribution in [0.1, 0.15) is 63.5 Å². The normalized spacial score (nSPS) is 13.8. The highest BCUT2D eigenvalue weighted by atomic mass is 32.1. The highest BCUT2D eigenvalue weighted by Crippen LogP contribution is 2.37. The standard InChI is InChI=1S/C26H26N2O2S/c1-5-15(3)17-7-9-21-19(13-17)27-25(29-21)23-11-12-24(31-23)26-28-20-14-18(16(4)6-2)8-10-22(20)30-26/h7-16H,5-6H2,1-4H3. The fourth-order valence-corrected chi connectivity index (χ4v) is 4.61. The lowest BCUT2D eigenvalue weighted by atomic mass is 9.98. The van der Waals surface area contributed by atoms with Gasteiger partial charge in [0.2, 0.25) is 11.8 Å². The molecule has 0 N–H and O–H groups in total. The van der Waals surface area contributed by atoms with E-state index >= 15 is 0 Å². The Morgan fingerprint density at radius 3 is 1.58 bits per heavy atom. The summed E-state index contributed by atoms with van der Waals surface area (Å²) < 4.78 is 12.1. The Bertz CT molecular complexity index is 1260. The number of nitrogens with zero attached hydrogens (tertiary/aromatic N) is 2. The SMILES string of the molecule is CCC(C)c1ccc2oc(-c3ccc(-c4nc5cc(C(C)CC)ccc5o4)s3)nc2c1. The van der Waals surface area contributed by atoms with E-state index in [0.717, 1.165) is 44.8 Å². The van der Waals surface area contributed by atoms with E-state index in [1.807, 2.05) is 24.3 Å². The predicted molar refractivity (Wildman–Crippen MR) is 128 cm³/mol. The second-order valence-electron chi connectivity index (χ2n) is 8.27. The number of benzene rings is 2. The summed E-state index contributed by atoms with van der Waals surface area (Å²) in [5.41, 5.74) is 6.03. The van der Waals surface area contributed by atoms with Crippen molar-refractivity contribution in [2.45, 2.75) is 52.4 Å². The Balaban J connectivity index is 1.47. The van der Waals surface area contributed by atoms with Crippen molar-refractivity contribution in [3.63, 3.8) is 0 Å². The van der Waals surface area contributed by atoms with Gasteiger partial charge in [-0.05, 0) is 72.2 Å². The lowest BCUT2D eigenvalue weighted by molar-refractivity contribution is 0.621. The lowest BCUT2D eigenvalue weighted by Crippen LogP contribution is -1.90. The van der Waals surface area contributed by atoms with Crippen LogP contribution < -0.4 is 0 Å². The molecule has 0 saturated carbocycles. The third-order valence-electron chi connectivity index (χ3n) is 6.21. The molecule has 4 nitrogen and oxygen atoms in total. The van der Waals surface area contributed by atoms with Gasteiger partial charge in [0, 0.05) is 0 Å². The van der Waals surface area contributed by atoms with E-state index in [2.05, 4.69) is 52.0 Å². The molecule has 2 atom stereocenters. The first-order valence-corrected chi connectivity index (χ1v) is 11.8. The molecule has 0 fully saturated rings. The first-order chi connectivity index (χ1) is 15.1. The number of fused-ring (bicyclic) bond motifs is 2. The van der Waals surface area contributed by atoms with E-state index in [1.54, 1.807) is 11.3 Å². The summed E-state index contributed by atoms with van der Waals surface area (Å²) in [6.45, 7) is 8.88. The van der Waals surface area contributed by atoms with Crippen molar-refractivity contribution in [2.75, 3.05) is 0 Å². The Hall–Kier alpha value is -2.92. The predicted octanol–water partition coefficient (Wildman–Crippen LogP) is 8.39. The van der Waals surface area contributed by atoms with Crippen molar-refractivity contribution < 1.29 is 8.83 Å². The van der Waals surface area contributed by atoms with Gasteiger partial charge in [0.25, 0.3) is 0 Å². The van der Waals surface area contributed by atoms with Gasteiger partial charge in [0.1, 0.15) is 11.0 Å². The average Bonchev–Trinajstić information content (AvgIpc) is 3.53. The number of aromatic nitrogens is 2. The summed E-state index contributed by atoms with van der Waals surface area (Å²) in [5, 5.41) is 0. The summed E-state index contributed by atoms with van der Waals surface area (Å²) in [4.78, 5) is 11.4. The van der Waals surface area contributed by atoms with Crippen LogP contribution in [0.5, 0.6) is 0 Å². The Morgan fingerprint density at radius 1 is 0.710 bits per heavy atom. The number of thiophene rings is 1. The van der Waals surface area contributed by atoms with Gasteiger partial charge in [0.05, 0.1) is 9.75 Å². The monoisotopic (exact) mass is 430 g/mol. The van der Waals surface area contributed by atoms with Gasteiger partial charge in [-0.3, -0.25) is 0 Å². The molecule has 0 aliphatic carbocycles. The van der Waals surface area contributed by atoms with Gasteiger partial charge in [-0.2, -0.15) is 0 Å². The van der Waals surface area contributed by atoms with Crippen LogP contribution >= 0.6 is 11.3 Å². The van der Waals surface area contributed by atoms with Crippen LogP contribution in [0.4, 0.5) is 0 Å². The maximum Gasteiger partial charge on any atom is 0.237 e. The molecule has 0 radical (unpaired) electrons. The molecule has 3 heterocycles. The quantitative estimate of drug-likeness (QED) is 0.271. The smallest absolute Gasteiger partial charge is 0.237 e. The Labute approximate surface area is 185 Å². The van der Waals surface area contributed by atoms with Crippen LogP contribution in [0.25, 0.3) is 43.7 Å². The van der Waals surface area contributed by atoms with Crippen LogP contribution in [-0.2, 0) is 0 Å². The molecule has 158 valence electrons. The van der Waals surface area contributed by atoms with Crippen LogP contribution in [-0.4, -0.2) is 9.97 Å². The molecule has 2 unspecified atom stereocenters. The van der Waals surface area contributed by atoms with Gasteiger partial charge in [-0.15, -0.1) is 11.3 Å². The van der Waals surface area contributed by atoms with E-state index in [1.165, 1.54) is 11.1 Å². The zero-order valence-corrected chi connectivity index (χ0v) is 19.1. The molecule has 5 heteroatoms. The molecule has 0 aliphatic rings. The van der Waals surface area contributed by atoms with E-state index < -0.39 is 0 Å². The van der Waals surface area contributed by atoms with Crippen LogP contribution in [0.3, 0.4) is 0 Å². The van der Waals surface area contributed by atoms with Crippen molar-refractivity contribution in [3.05, 3.63) is 59.7 Å². The molecule has 3 aromatic heterocycles. The van der Waals surface area contributed by atoms with Crippen molar-refractivity contribution in [3.8, 4) is 21.5 Å². The van der Waals surface area contributed by atoms with Crippen molar-refractivity contribution in [1.82, 2.24) is 9.97 Å². The highest BCUT2D eigenvalue weighted by Gasteiger charge is 2.16. The van der Waals surface area contributed by atoms with Crippen LogP contribution in [0, 0.1) is 0 Å². The Kier molecular flexibility index (Phi) is 5.14. The minimum Gasteiger partial charge on any atom is -0.435 e.